The van der Waals surface area contributed by atoms with Crippen LogP contribution in [0.4, 0.5) is 0 Å². The lowest BCUT2D eigenvalue weighted by Crippen LogP contribution is -2.39. The summed E-state index contributed by atoms with van der Waals surface area (Å²) in [5, 5.41) is 6.73. The van der Waals surface area contributed by atoms with Gasteiger partial charge in [-0.3, -0.25) is 4.79 Å². The minimum absolute atomic E-state index is 0.263. The highest BCUT2D eigenvalue weighted by Gasteiger charge is 2.19. The van der Waals surface area contributed by atoms with E-state index in [1.54, 1.807) is 0 Å². The summed E-state index contributed by atoms with van der Waals surface area (Å²) in [6, 6.07) is 8.38. The topological polar surface area (TPSA) is 66.0 Å². The Morgan fingerprint density at radius 3 is 2.69 bits per heavy atom. The quantitative estimate of drug-likeness (QED) is 0.440. The van der Waals surface area contributed by atoms with Crippen molar-refractivity contribution >= 4 is 11.9 Å². The molecule has 0 aromatic heterocycles. The number of ether oxygens (including phenoxy) is 1. The van der Waals surface area contributed by atoms with Crippen molar-refractivity contribution in [3.8, 4) is 0 Å². The fourth-order valence-corrected chi connectivity index (χ4v) is 3.59. The molecule has 1 saturated heterocycles. The molecule has 1 aliphatic rings. The first-order chi connectivity index (χ1) is 14.0. The average Bonchev–Trinajstić information content (AvgIpc) is 3.10. The molecule has 1 heterocycles. The first-order valence-electron chi connectivity index (χ1n) is 11.0. The molecular weight excluding hydrogens is 364 g/mol. The number of carbonyl (C=O) groups is 1. The van der Waals surface area contributed by atoms with Gasteiger partial charge in [-0.15, -0.1) is 0 Å². The van der Waals surface area contributed by atoms with Crippen LogP contribution < -0.4 is 10.6 Å². The van der Waals surface area contributed by atoms with E-state index in [2.05, 4.69) is 55.7 Å². The molecule has 0 saturated carbocycles. The summed E-state index contributed by atoms with van der Waals surface area (Å²) in [6.07, 6.45) is 2.87. The first kappa shape index (κ1) is 23.2. The van der Waals surface area contributed by atoms with E-state index < -0.39 is 0 Å². The predicted molar refractivity (Wildman–Crippen MR) is 119 cm³/mol. The number of likely N-dealkylation sites (tertiary alicyclic amines) is 1. The molecule has 1 atom stereocenters. The number of guanidine groups is 1. The third kappa shape index (κ3) is 8.05. The molecule has 2 N–H and O–H groups in total. The Bertz CT molecular complexity index is 660. The molecule has 0 spiro atoms. The number of nitrogens with zero attached hydrogens (tertiary/aromatic N) is 2. The zero-order valence-corrected chi connectivity index (χ0v) is 18.5. The molecule has 162 valence electrons. The summed E-state index contributed by atoms with van der Waals surface area (Å²) in [5.74, 6) is 1.59. The van der Waals surface area contributed by atoms with Crippen molar-refractivity contribution in [3.63, 3.8) is 0 Å². The molecule has 6 heteroatoms. The maximum absolute atomic E-state index is 11.9. The van der Waals surface area contributed by atoms with Crippen molar-refractivity contribution in [1.82, 2.24) is 15.5 Å². The lowest BCUT2D eigenvalue weighted by Gasteiger charge is -2.21. The summed E-state index contributed by atoms with van der Waals surface area (Å²) in [6.45, 7) is 13.1. The van der Waals surface area contributed by atoms with E-state index in [1.165, 1.54) is 5.56 Å². The Kier molecular flexibility index (Phi) is 9.98. The van der Waals surface area contributed by atoms with E-state index >= 15 is 0 Å². The summed E-state index contributed by atoms with van der Waals surface area (Å²) < 4.78 is 5.82. The lowest BCUT2D eigenvalue weighted by molar-refractivity contribution is -0.128. The van der Waals surface area contributed by atoms with Crippen molar-refractivity contribution in [2.24, 2.45) is 10.9 Å². The molecule has 1 fully saturated rings. The van der Waals surface area contributed by atoms with Crippen LogP contribution in [0.15, 0.2) is 29.3 Å². The molecule has 29 heavy (non-hydrogen) atoms. The number of hydrogen-bond acceptors (Lipinski definition) is 3. The zero-order chi connectivity index (χ0) is 21.1. The highest BCUT2D eigenvalue weighted by molar-refractivity contribution is 5.79. The van der Waals surface area contributed by atoms with Crippen LogP contribution in [-0.2, 0) is 22.6 Å². The molecular formula is C23H38N4O2. The zero-order valence-electron chi connectivity index (χ0n) is 18.5. The number of rotatable bonds is 11. The monoisotopic (exact) mass is 402 g/mol. The highest BCUT2D eigenvalue weighted by Crippen LogP contribution is 2.15. The van der Waals surface area contributed by atoms with Crippen molar-refractivity contribution in [1.29, 1.82) is 0 Å². The minimum Gasteiger partial charge on any atom is -0.378 e. The van der Waals surface area contributed by atoms with Gasteiger partial charge in [0, 0.05) is 39.2 Å². The number of amides is 1. The summed E-state index contributed by atoms with van der Waals surface area (Å²) >= 11 is 0. The van der Waals surface area contributed by atoms with E-state index in [1.807, 2.05) is 11.8 Å². The lowest BCUT2D eigenvalue weighted by atomic mass is 10.0. The van der Waals surface area contributed by atoms with Gasteiger partial charge in [-0.2, -0.15) is 0 Å². The Balaban J connectivity index is 1.90. The Labute approximate surface area is 176 Å². The van der Waals surface area contributed by atoms with E-state index in [4.69, 9.17) is 9.73 Å². The molecule has 1 aromatic carbocycles. The van der Waals surface area contributed by atoms with Crippen molar-refractivity contribution in [2.75, 3.05) is 26.2 Å². The third-order valence-corrected chi connectivity index (χ3v) is 5.15. The molecule has 0 bridgehead atoms. The van der Waals surface area contributed by atoms with Crippen LogP contribution in [0.1, 0.15) is 58.1 Å². The SMILES string of the molecule is CCNC(=NCc1cccc(CN2CCCC2=O)c1)NCCC(OCC)C(C)C. The van der Waals surface area contributed by atoms with Crippen LogP contribution in [0.2, 0.25) is 0 Å². The van der Waals surface area contributed by atoms with Gasteiger partial charge >= 0.3 is 0 Å². The molecule has 0 radical (unpaired) electrons. The second kappa shape index (κ2) is 12.5. The maximum atomic E-state index is 11.9. The molecule has 6 nitrogen and oxygen atoms in total. The molecule has 0 aliphatic carbocycles. The van der Waals surface area contributed by atoms with Crippen molar-refractivity contribution in [2.45, 2.75) is 66.2 Å². The Hall–Kier alpha value is -2.08. The van der Waals surface area contributed by atoms with Crippen LogP contribution in [0.25, 0.3) is 0 Å². The maximum Gasteiger partial charge on any atom is 0.222 e. The number of nitrogens with one attached hydrogen (secondary N) is 2. The van der Waals surface area contributed by atoms with Gasteiger partial charge in [0.15, 0.2) is 5.96 Å². The van der Waals surface area contributed by atoms with Crippen LogP contribution in [0.3, 0.4) is 0 Å². The van der Waals surface area contributed by atoms with Gasteiger partial charge in [0.25, 0.3) is 0 Å². The van der Waals surface area contributed by atoms with Gasteiger partial charge in [0.05, 0.1) is 12.6 Å². The van der Waals surface area contributed by atoms with Gasteiger partial charge in [-0.05, 0) is 43.7 Å². The van der Waals surface area contributed by atoms with Gasteiger partial charge in [-0.25, -0.2) is 4.99 Å². The van der Waals surface area contributed by atoms with Gasteiger partial charge in [0.2, 0.25) is 5.91 Å². The van der Waals surface area contributed by atoms with Crippen LogP contribution >= 0.6 is 0 Å². The van der Waals surface area contributed by atoms with Crippen LogP contribution in [0, 0.1) is 5.92 Å². The standard InChI is InChI=1S/C23H38N4O2/c1-5-24-23(25-13-12-21(18(3)4)29-6-2)26-16-19-9-7-10-20(15-19)17-27-14-8-11-22(27)28/h7,9-10,15,18,21H,5-6,8,11-14,16-17H2,1-4H3,(H2,24,25,26). The number of benzene rings is 1. The van der Waals surface area contributed by atoms with Gasteiger partial charge < -0.3 is 20.3 Å². The molecule has 1 amide bonds. The van der Waals surface area contributed by atoms with Crippen molar-refractivity contribution in [3.05, 3.63) is 35.4 Å². The van der Waals surface area contributed by atoms with E-state index in [9.17, 15) is 4.79 Å². The predicted octanol–water partition coefficient (Wildman–Crippen LogP) is 3.32. The Morgan fingerprint density at radius 2 is 2.03 bits per heavy atom. The highest BCUT2D eigenvalue weighted by atomic mass is 16.5. The van der Waals surface area contributed by atoms with Crippen LogP contribution in [-0.4, -0.2) is 49.1 Å². The van der Waals surface area contributed by atoms with E-state index in [-0.39, 0.29) is 12.0 Å². The summed E-state index contributed by atoms with van der Waals surface area (Å²) in [7, 11) is 0. The third-order valence-electron chi connectivity index (χ3n) is 5.15. The molecule has 2 rings (SSSR count). The summed E-state index contributed by atoms with van der Waals surface area (Å²) in [5.41, 5.74) is 2.32. The average molecular weight is 403 g/mol. The van der Waals surface area contributed by atoms with Crippen LogP contribution in [0.5, 0.6) is 0 Å². The Morgan fingerprint density at radius 1 is 1.24 bits per heavy atom. The molecule has 1 aromatic rings. The van der Waals surface area contributed by atoms with Crippen molar-refractivity contribution < 1.29 is 9.53 Å². The number of aliphatic imine (C=N–C) groups is 1. The molecule has 1 aliphatic heterocycles. The largest absolute Gasteiger partial charge is 0.378 e. The minimum atomic E-state index is 0.263. The van der Waals surface area contributed by atoms with E-state index in [0.717, 1.165) is 50.6 Å². The normalized spacial score (nSPS) is 15.8. The second-order valence-electron chi connectivity index (χ2n) is 7.89. The fraction of sp³-hybridized carbons (Fsp3) is 0.652. The molecule has 1 unspecified atom stereocenters. The van der Waals surface area contributed by atoms with Gasteiger partial charge in [0.1, 0.15) is 0 Å². The second-order valence-corrected chi connectivity index (χ2v) is 7.89. The van der Waals surface area contributed by atoms with Gasteiger partial charge in [-0.1, -0.05) is 38.1 Å². The number of carbonyl (C=O) groups excluding carboxylic acids is 1. The van der Waals surface area contributed by atoms with E-state index in [0.29, 0.717) is 25.4 Å². The first-order valence-corrected chi connectivity index (χ1v) is 11.0. The summed E-state index contributed by atoms with van der Waals surface area (Å²) in [4.78, 5) is 18.5. The smallest absolute Gasteiger partial charge is 0.222 e. The fourth-order valence-electron chi connectivity index (χ4n) is 3.59. The number of hydrogen-bond donors (Lipinski definition) is 2.